The molecule has 41 heavy (non-hydrogen) atoms. The summed E-state index contributed by atoms with van der Waals surface area (Å²) in [5.74, 6) is -0.952. The van der Waals surface area contributed by atoms with Crippen molar-refractivity contribution in [3.63, 3.8) is 0 Å². The SMILES string of the molecule is Cc1ccc(C(=O)OC[C@H]2O[C@@H](n3cnc4c(-c5ccccc5)ncnc43)CC2OC(=O)c2ccc(C)cc2)cc1. The number of benzene rings is 3. The minimum atomic E-state index is -0.698. The van der Waals surface area contributed by atoms with Crippen LogP contribution in [0.25, 0.3) is 22.4 Å². The van der Waals surface area contributed by atoms with Crippen molar-refractivity contribution in [2.45, 2.75) is 38.7 Å². The Hall–Kier alpha value is -4.89. The highest BCUT2D eigenvalue weighted by Gasteiger charge is 2.40. The second-order valence-corrected chi connectivity index (χ2v) is 10.1. The van der Waals surface area contributed by atoms with Crippen LogP contribution in [0.15, 0.2) is 91.5 Å². The highest BCUT2D eigenvalue weighted by atomic mass is 16.6. The fourth-order valence-corrected chi connectivity index (χ4v) is 4.84. The van der Waals surface area contributed by atoms with Gasteiger partial charge in [0.25, 0.3) is 0 Å². The normalized spacial score (nSPS) is 18.3. The quantitative estimate of drug-likeness (QED) is 0.246. The molecule has 0 radical (unpaired) electrons. The number of aromatic nitrogens is 4. The monoisotopic (exact) mass is 548 g/mol. The maximum atomic E-state index is 13.0. The van der Waals surface area contributed by atoms with Crippen LogP contribution in [0.2, 0.25) is 0 Å². The van der Waals surface area contributed by atoms with Crippen LogP contribution in [0.4, 0.5) is 0 Å². The lowest BCUT2D eigenvalue weighted by Gasteiger charge is -2.19. The summed E-state index contributed by atoms with van der Waals surface area (Å²) in [6, 6.07) is 24.0. The van der Waals surface area contributed by atoms with Gasteiger partial charge in [-0.15, -0.1) is 0 Å². The van der Waals surface area contributed by atoms with Crippen LogP contribution in [-0.4, -0.2) is 50.3 Å². The zero-order chi connectivity index (χ0) is 28.3. The van der Waals surface area contributed by atoms with Crippen molar-refractivity contribution in [1.82, 2.24) is 19.5 Å². The molecule has 6 rings (SSSR count). The molecular weight excluding hydrogens is 520 g/mol. The van der Waals surface area contributed by atoms with E-state index in [4.69, 9.17) is 14.2 Å². The zero-order valence-electron chi connectivity index (χ0n) is 22.6. The second-order valence-electron chi connectivity index (χ2n) is 10.1. The van der Waals surface area contributed by atoms with Gasteiger partial charge in [0.2, 0.25) is 0 Å². The molecule has 3 aromatic carbocycles. The maximum absolute atomic E-state index is 13.0. The van der Waals surface area contributed by atoms with Crippen LogP contribution in [0.1, 0.15) is 44.5 Å². The van der Waals surface area contributed by atoms with Gasteiger partial charge in [0.15, 0.2) is 5.65 Å². The summed E-state index contributed by atoms with van der Waals surface area (Å²) in [4.78, 5) is 39.3. The molecular formula is C32H28N4O5. The van der Waals surface area contributed by atoms with E-state index in [0.29, 0.717) is 34.4 Å². The van der Waals surface area contributed by atoms with Crippen molar-refractivity contribution >= 4 is 23.1 Å². The predicted octanol–water partition coefficient (Wildman–Crippen LogP) is 5.48. The Morgan fingerprint density at radius 1 is 0.854 bits per heavy atom. The van der Waals surface area contributed by atoms with Crippen molar-refractivity contribution in [3.05, 3.63) is 114 Å². The predicted molar refractivity (Wildman–Crippen MR) is 151 cm³/mol. The summed E-state index contributed by atoms with van der Waals surface area (Å²) in [5.41, 5.74) is 5.79. The van der Waals surface area contributed by atoms with Crippen molar-refractivity contribution in [2.24, 2.45) is 0 Å². The van der Waals surface area contributed by atoms with E-state index in [0.717, 1.165) is 16.7 Å². The number of hydrogen-bond acceptors (Lipinski definition) is 8. The van der Waals surface area contributed by atoms with E-state index < -0.39 is 30.4 Å². The van der Waals surface area contributed by atoms with Crippen molar-refractivity contribution in [1.29, 1.82) is 0 Å². The lowest BCUT2D eigenvalue weighted by molar-refractivity contribution is -0.0563. The van der Waals surface area contributed by atoms with Gasteiger partial charge in [-0.1, -0.05) is 65.7 Å². The Bertz CT molecular complexity index is 1680. The average Bonchev–Trinajstić information content (AvgIpc) is 3.61. The molecule has 0 spiro atoms. The van der Waals surface area contributed by atoms with Gasteiger partial charge in [0.05, 0.1) is 17.5 Å². The van der Waals surface area contributed by atoms with Crippen LogP contribution in [0.3, 0.4) is 0 Å². The van der Waals surface area contributed by atoms with Crippen LogP contribution < -0.4 is 0 Å². The van der Waals surface area contributed by atoms with Gasteiger partial charge in [-0.3, -0.25) is 4.57 Å². The number of rotatable bonds is 7. The number of fused-ring (bicyclic) bond motifs is 1. The smallest absolute Gasteiger partial charge is 0.338 e. The molecule has 1 fully saturated rings. The topological polar surface area (TPSA) is 105 Å². The molecule has 0 bridgehead atoms. The fraction of sp³-hybridized carbons (Fsp3) is 0.219. The summed E-state index contributed by atoms with van der Waals surface area (Å²) in [5, 5.41) is 0. The zero-order valence-corrected chi connectivity index (χ0v) is 22.6. The Labute approximate surface area is 236 Å². The maximum Gasteiger partial charge on any atom is 0.338 e. The van der Waals surface area contributed by atoms with E-state index in [1.165, 1.54) is 6.33 Å². The molecule has 1 aliphatic heterocycles. The Kier molecular flexibility index (Phi) is 7.26. The summed E-state index contributed by atoms with van der Waals surface area (Å²) in [6.45, 7) is 3.80. The Morgan fingerprint density at radius 2 is 1.51 bits per heavy atom. The molecule has 0 amide bonds. The molecule has 5 aromatic rings. The van der Waals surface area contributed by atoms with E-state index >= 15 is 0 Å². The fourth-order valence-electron chi connectivity index (χ4n) is 4.84. The number of carbonyl (C=O) groups excluding carboxylic acids is 2. The van der Waals surface area contributed by atoms with Gasteiger partial charge in [-0.25, -0.2) is 24.5 Å². The molecule has 3 heterocycles. The summed E-state index contributed by atoms with van der Waals surface area (Å²) in [7, 11) is 0. The Balaban J connectivity index is 1.25. The average molecular weight is 549 g/mol. The summed E-state index contributed by atoms with van der Waals surface area (Å²) >= 11 is 0. The van der Waals surface area contributed by atoms with Crippen molar-refractivity contribution in [2.75, 3.05) is 6.61 Å². The molecule has 1 saturated heterocycles. The highest BCUT2D eigenvalue weighted by Crippen LogP contribution is 2.35. The standard InChI is InChI=1S/C32H28N4O5/c1-20-8-12-23(13-9-20)31(37)39-17-26-25(41-32(38)24-14-10-21(2)11-15-24)16-27(40-26)36-19-35-29-28(33-18-34-30(29)36)22-6-4-3-5-7-22/h3-15,18-19,25-27H,16-17H2,1-2H3/t25?,26-,27-/m1/s1. The molecule has 2 aromatic heterocycles. The minimum absolute atomic E-state index is 0.0913. The highest BCUT2D eigenvalue weighted by molar-refractivity contribution is 5.90. The third kappa shape index (κ3) is 5.57. The molecule has 0 aliphatic carbocycles. The molecule has 9 heteroatoms. The number of hydrogen-bond donors (Lipinski definition) is 0. The largest absolute Gasteiger partial charge is 0.459 e. The van der Waals surface area contributed by atoms with Crippen LogP contribution in [0, 0.1) is 13.8 Å². The number of nitrogens with zero attached hydrogens (tertiary/aromatic N) is 4. The number of esters is 2. The molecule has 0 N–H and O–H groups in total. The first-order chi connectivity index (χ1) is 20.0. The van der Waals surface area contributed by atoms with Crippen molar-refractivity contribution < 1.29 is 23.8 Å². The van der Waals surface area contributed by atoms with Crippen LogP contribution in [-0.2, 0) is 14.2 Å². The molecule has 3 atom stereocenters. The first-order valence-corrected chi connectivity index (χ1v) is 13.4. The number of carbonyl (C=O) groups is 2. The van der Waals surface area contributed by atoms with Gasteiger partial charge < -0.3 is 14.2 Å². The Morgan fingerprint density at radius 3 is 2.20 bits per heavy atom. The van der Waals surface area contributed by atoms with E-state index in [2.05, 4.69) is 15.0 Å². The van der Waals surface area contributed by atoms with Gasteiger partial charge >= 0.3 is 11.9 Å². The lowest BCUT2D eigenvalue weighted by Crippen LogP contribution is -2.32. The minimum Gasteiger partial charge on any atom is -0.459 e. The number of imidazole rings is 1. The second kappa shape index (κ2) is 11.3. The first-order valence-electron chi connectivity index (χ1n) is 13.4. The first kappa shape index (κ1) is 26.3. The van der Waals surface area contributed by atoms with Crippen LogP contribution in [0.5, 0.6) is 0 Å². The van der Waals surface area contributed by atoms with Gasteiger partial charge in [0, 0.05) is 12.0 Å². The van der Waals surface area contributed by atoms with Crippen LogP contribution >= 0.6 is 0 Å². The third-order valence-electron chi connectivity index (χ3n) is 7.11. The van der Waals surface area contributed by atoms with Crippen molar-refractivity contribution in [3.8, 4) is 11.3 Å². The van der Waals surface area contributed by atoms with Gasteiger partial charge in [0.1, 0.15) is 42.6 Å². The molecule has 9 nitrogen and oxygen atoms in total. The van der Waals surface area contributed by atoms with Gasteiger partial charge in [-0.2, -0.15) is 0 Å². The van der Waals surface area contributed by atoms with E-state index in [-0.39, 0.29) is 6.61 Å². The third-order valence-corrected chi connectivity index (χ3v) is 7.11. The van der Waals surface area contributed by atoms with E-state index in [1.807, 2.05) is 68.4 Å². The summed E-state index contributed by atoms with van der Waals surface area (Å²) in [6.07, 6.45) is 1.53. The van der Waals surface area contributed by atoms with E-state index in [1.54, 1.807) is 35.2 Å². The summed E-state index contributed by atoms with van der Waals surface area (Å²) < 4.78 is 19.7. The van der Waals surface area contributed by atoms with E-state index in [9.17, 15) is 9.59 Å². The molecule has 1 unspecified atom stereocenters. The molecule has 0 saturated carbocycles. The number of aryl methyl sites for hydroxylation is 2. The molecule has 1 aliphatic rings. The number of ether oxygens (including phenoxy) is 3. The molecule has 206 valence electrons. The lowest BCUT2D eigenvalue weighted by atomic mass is 10.1. The van der Waals surface area contributed by atoms with Gasteiger partial charge in [-0.05, 0) is 38.1 Å².